The summed E-state index contributed by atoms with van der Waals surface area (Å²) in [7, 11) is 0. The van der Waals surface area contributed by atoms with Crippen LogP contribution in [0.2, 0.25) is 0 Å². The smallest absolute Gasteiger partial charge is 0.0594 e. The number of aliphatic hydroxyl groups excluding tert-OH is 1. The highest BCUT2D eigenvalue weighted by Gasteiger charge is 2.11. The zero-order valence-corrected chi connectivity index (χ0v) is 9.95. The van der Waals surface area contributed by atoms with Crippen LogP contribution < -0.4 is 0 Å². The lowest BCUT2D eigenvalue weighted by Crippen LogP contribution is -2.36. The van der Waals surface area contributed by atoms with Crippen molar-refractivity contribution in [3.05, 3.63) is 0 Å². The third-order valence-electron chi connectivity index (χ3n) is 3.31. The average molecular weight is 215 g/mol. The summed E-state index contributed by atoms with van der Waals surface area (Å²) in [5.41, 5.74) is 0. The van der Waals surface area contributed by atoms with Crippen LogP contribution in [0.15, 0.2) is 0 Å². The van der Waals surface area contributed by atoms with E-state index in [9.17, 15) is 0 Å². The summed E-state index contributed by atoms with van der Waals surface area (Å²) in [5, 5.41) is 8.89. The van der Waals surface area contributed by atoms with Gasteiger partial charge in [-0.25, -0.2) is 0 Å². The van der Waals surface area contributed by atoms with Crippen LogP contribution in [0.5, 0.6) is 0 Å². The van der Waals surface area contributed by atoms with Gasteiger partial charge in [-0.3, -0.25) is 4.90 Å². The van der Waals surface area contributed by atoms with Gasteiger partial charge in [-0.1, -0.05) is 13.3 Å². The molecule has 0 bridgehead atoms. The number of hydrogen-bond acceptors (Lipinski definition) is 3. The first-order valence-electron chi connectivity index (χ1n) is 6.27. The van der Waals surface area contributed by atoms with Crippen molar-refractivity contribution in [2.24, 2.45) is 5.92 Å². The Morgan fingerprint density at radius 2 is 2.00 bits per heavy atom. The minimum Gasteiger partial charge on any atom is -0.396 e. The maximum absolute atomic E-state index is 8.89. The first kappa shape index (κ1) is 12.9. The van der Waals surface area contributed by atoms with Gasteiger partial charge in [0, 0.05) is 19.7 Å². The molecule has 0 amide bonds. The Labute approximate surface area is 93.4 Å². The Hall–Kier alpha value is -0.120. The van der Waals surface area contributed by atoms with Gasteiger partial charge in [0.1, 0.15) is 0 Å². The van der Waals surface area contributed by atoms with E-state index in [4.69, 9.17) is 9.84 Å². The second kappa shape index (κ2) is 8.08. The topological polar surface area (TPSA) is 32.7 Å². The van der Waals surface area contributed by atoms with Crippen LogP contribution in [0.1, 0.15) is 32.6 Å². The monoisotopic (exact) mass is 215 g/mol. The van der Waals surface area contributed by atoms with Crippen LogP contribution in [0, 0.1) is 5.92 Å². The second-order valence-corrected chi connectivity index (χ2v) is 4.38. The molecule has 1 atom stereocenters. The molecule has 0 unspecified atom stereocenters. The van der Waals surface area contributed by atoms with Gasteiger partial charge >= 0.3 is 0 Å². The molecule has 0 aliphatic carbocycles. The summed E-state index contributed by atoms with van der Waals surface area (Å²) in [6.07, 6.45) is 4.69. The lowest BCUT2D eigenvalue weighted by atomic mass is 9.97. The normalized spacial score (nSPS) is 20.4. The summed E-state index contributed by atoms with van der Waals surface area (Å²) >= 11 is 0. The van der Waals surface area contributed by atoms with Crippen molar-refractivity contribution < 1.29 is 9.84 Å². The lowest BCUT2D eigenvalue weighted by molar-refractivity contribution is 0.0365. The molecule has 0 saturated carbocycles. The summed E-state index contributed by atoms with van der Waals surface area (Å²) in [6.45, 7) is 7.74. The fraction of sp³-hybridized carbons (Fsp3) is 1.00. The van der Waals surface area contributed by atoms with Crippen molar-refractivity contribution in [2.45, 2.75) is 32.6 Å². The number of nitrogens with zero attached hydrogens (tertiary/aromatic N) is 1. The summed E-state index contributed by atoms with van der Waals surface area (Å²) < 4.78 is 5.31. The maximum atomic E-state index is 8.89. The third kappa shape index (κ3) is 5.50. The molecule has 1 aliphatic heterocycles. The SMILES string of the molecule is CC[C@H](CCO)CCCN1CCOCC1. The van der Waals surface area contributed by atoms with E-state index in [2.05, 4.69) is 11.8 Å². The van der Waals surface area contributed by atoms with Crippen LogP contribution in [-0.4, -0.2) is 49.5 Å². The zero-order valence-electron chi connectivity index (χ0n) is 9.95. The number of rotatable bonds is 7. The molecule has 0 radical (unpaired) electrons. The summed E-state index contributed by atoms with van der Waals surface area (Å²) in [5.74, 6) is 0.719. The number of aliphatic hydroxyl groups is 1. The summed E-state index contributed by atoms with van der Waals surface area (Å²) in [6, 6.07) is 0. The van der Waals surface area contributed by atoms with E-state index in [-0.39, 0.29) is 0 Å². The molecule has 1 fully saturated rings. The van der Waals surface area contributed by atoms with E-state index in [1.165, 1.54) is 25.8 Å². The van der Waals surface area contributed by atoms with E-state index in [0.29, 0.717) is 6.61 Å². The van der Waals surface area contributed by atoms with Crippen LogP contribution in [-0.2, 0) is 4.74 Å². The molecule has 3 nitrogen and oxygen atoms in total. The van der Waals surface area contributed by atoms with Gasteiger partial charge in [0.05, 0.1) is 13.2 Å². The Morgan fingerprint density at radius 1 is 1.27 bits per heavy atom. The van der Waals surface area contributed by atoms with Gasteiger partial charge in [-0.05, 0) is 31.7 Å². The minimum absolute atomic E-state index is 0.343. The fourth-order valence-corrected chi connectivity index (χ4v) is 2.16. The average Bonchev–Trinajstić information content (AvgIpc) is 2.29. The van der Waals surface area contributed by atoms with Gasteiger partial charge in [-0.15, -0.1) is 0 Å². The lowest BCUT2D eigenvalue weighted by Gasteiger charge is -2.27. The van der Waals surface area contributed by atoms with Crippen molar-refractivity contribution in [1.82, 2.24) is 4.90 Å². The minimum atomic E-state index is 0.343. The van der Waals surface area contributed by atoms with Crippen molar-refractivity contribution >= 4 is 0 Å². The molecule has 1 N–H and O–H groups in total. The molecule has 1 rings (SSSR count). The van der Waals surface area contributed by atoms with Gasteiger partial charge in [-0.2, -0.15) is 0 Å². The second-order valence-electron chi connectivity index (χ2n) is 4.38. The van der Waals surface area contributed by atoms with Gasteiger partial charge < -0.3 is 9.84 Å². The van der Waals surface area contributed by atoms with Crippen LogP contribution >= 0.6 is 0 Å². The molecular formula is C12H25NO2. The molecule has 3 heteroatoms. The predicted octanol–water partition coefficient (Wildman–Crippen LogP) is 1.51. The van der Waals surface area contributed by atoms with Crippen LogP contribution in [0.25, 0.3) is 0 Å². The van der Waals surface area contributed by atoms with E-state index < -0.39 is 0 Å². The predicted molar refractivity (Wildman–Crippen MR) is 62.0 cm³/mol. The van der Waals surface area contributed by atoms with Gasteiger partial charge in [0.25, 0.3) is 0 Å². The molecule has 90 valence electrons. The van der Waals surface area contributed by atoms with Crippen molar-refractivity contribution in [3.8, 4) is 0 Å². The van der Waals surface area contributed by atoms with Crippen molar-refractivity contribution in [3.63, 3.8) is 0 Å². The first-order valence-corrected chi connectivity index (χ1v) is 6.27. The molecular weight excluding hydrogens is 190 g/mol. The van der Waals surface area contributed by atoms with Crippen molar-refractivity contribution in [1.29, 1.82) is 0 Å². The number of hydrogen-bond donors (Lipinski definition) is 1. The molecule has 0 aromatic heterocycles. The maximum Gasteiger partial charge on any atom is 0.0594 e. The molecule has 15 heavy (non-hydrogen) atoms. The standard InChI is InChI=1S/C12H25NO2/c1-2-12(5-9-14)4-3-6-13-7-10-15-11-8-13/h12,14H,2-11H2,1H3/t12-/m0/s1. The quantitative estimate of drug-likeness (QED) is 0.698. The molecule has 1 aliphatic rings. The van der Waals surface area contributed by atoms with Crippen molar-refractivity contribution in [2.75, 3.05) is 39.5 Å². The molecule has 1 heterocycles. The van der Waals surface area contributed by atoms with E-state index in [1.807, 2.05) is 0 Å². The molecule has 0 aromatic rings. The van der Waals surface area contributed by atoms with E-state index in [1.54, 1.807) is 0 Å². The molecule has 1 saturated heterocycles. The Bertz CT molecular complexity index is 142. The number of ether oxygens (including phenoxy) is 1. The number of morpholine rings is 1. The Balaban J connectivity index is 2.03. The highest BCUT2D eigenvalue weighted by atomic mass is 16.5. The van der Waals surface area contributed by atoms with Crippen LogP contribution in [0.4, 0.5) is 0 Å². The highest BCUT2D eigenvalue weighted by molar-refractivity contribution is 4.64. The molecule has 0 aromatic carbocycles. The highest BCUT2D eigenvalue weighted by Crippen LogP contribution is 2.15. The van der Waals surface area contributed by atoms with Crippen LogP contribution in [0.3, 0.4) is 0 Å². The molecule has 0 spiro atoms. The Morgan fingerprint density at radius 3 is 2.60 bits per heavy atom. The Kier molecular flexibility index (Phi) is 6.98. The van der Waals surface area contributed by atoms with Gasteiger partial charge in [0.15, 0.2) is 0 Å². The zero-order chi connectivity index (χ0) is 10.9. The fourth-order valence-electron chi connectivity index (χ4n) is 2.16. The largest absolute Gasteiger partial charge is 0.396 e. The van der Waals surface area contributed by atoms with E-state index >= 15 is 0 Å². The summed E-state index contributed by atoms with van der Waals surface area (Å²) in [4.78, 5) is 2.48. The van der Waals surface area contributed by atoms with E-state index in [0.717, 1.165) is 38.6 Å². The van der Waals surface area contributed by atoms with Gasteiger partial charge in [0.2, 0.25) is 0 Å². The first-order chi connectivity index (χ1) is 7.36. The third-order valence-corrected chi connectivity index (χ3v) is 3.31.